The van der Waals surface area contributed by atoms with E-state index in [1.54, 1.807) is 12.3 Å². The van der Waals surface area contributed by atoms with Gasteiger partial charge in [-0.2, -0.15) is 0 Å². The van der Waals surface area contributed by atoms with E-state index >= 15 is 0 Å². The molecule has 0 bridgehead atoms. The number of aryl methyl sites for hydroxylation is 1. The largest absolute Gasteiger partial charge is 0.347 e. The summed E-state index contributed by atoms with van der Waals surface area (Å²) in [5.74, 6) is -0.178. The fraction of sp³-hybridized carbons (Fsp3) is 0.167. The van der Waals surface area contributed by atoms with Crippen LogP contribution >= 0.6 is 0 Å². The van der Waals surface area contributed by atoms with Crippen LogP contribution in [-0.4, -0.2) is 21.8 Å². The average molecular weight is 215 g/mol. The number of carbonyl (C=O) groups is 1. The van der Waals surface area contributed by atoms with Crippen LogP contribution in [0.5, 0.6) is 0 Å². The van der Waals surface area contributed by atoms with Gasteiger partial charge in [-0.25, -0.2) is 4.98 Å². The maximum absolute atomic E-state index is 11.6. The van der Waals surface area contributed by atoms with Gasteiger partial charge in [0.05, 0.1) is 0 Å². The molecule has 0 saturated heterocycles. The fourth-order valence-electron chi connectivity index (χ4n) is 1.51. The second-order valence-corrected chi connectivity index (χ2v) is 3.52. The van der Waals surface area contributed by atoms with Gasteiger partial charge in [0.1, 0.15) is 11.3 Å². The maximum Gasteiger partial charge on any atom is 0.271 e. The van der Waals surface area contributed by atoms with Crippen molar-refractivity contribution in [2.24, 2.45) is 0 Å². The van der Waals surface area contributed by atoms with Gasteiger partial charge in [0.25, 0.3) is 5.91 Å². The molecule has 0 spiro atoms. The Labute approximate surface area is 93.6 Å². The first-order valence-corrected chi connectivity index (χ1v) is 5.06. The van der Waals surface area contributed by atoms with Crippen molar-refractivity contribution in [2.75, 3.05) is 6.54 Å². The number of pyridine rings is 1. The van der Waals surface area contributed by atoms with Crippen LogP contribution in [0.4, 0.5) is 0 Å². The Morgan fingerprint density at radius 2 is 2.44 bits per heavy atom. The molecule has 2 rings (SSSR count). The average Bonchev–Trinajstić information content (AvgIpc) is 2.71. The summed E-state index contributed by atoms with van der Waals surface area (Å²) in [6, 6.07) is 5.76. The van der Waals surface area contributed by atoms with Crippen molar-refractivity contribution >= 4 is 11.6 Å². The second kappa shape index (κ2) is 4.18. The number of aromatic nitrogens is 2. The van der Waals surface area contributed by atoms with E-state index in [-0.39, 0.29) is 5.91 Å². The Balaban J connectivity index is 2.36. The van der Waals surface area contributed by atoms with Crippen molar-refractivity contribution in [2.45, 2.75) is 6.92 Å². The zero-order valence-corrected chi connectivity index (χ0v) is 9.10. The smallest absolute Gasteiger partial charge is 0.271 e. The van der Waals surface area contributed by atoms with Crippen molar-refractivity contribution in [3.8, 4) is 0 Å². The second-order valence-electron chi connectivity index (χ2n) is 3.52. The number of fused-ring (bicyclic) bond motifs is 1. The minimum absolute atomic E-state index is 0.178. The van der Waals surface area contributed by atoms with Gasteiger partial charge in [0, 0.05) is 18.4 Å². The molecule has 0 aliphatic carbocycles. The summed E-state index contributed by atoms with van der Waals surface area (Å²) in [6.07, 6.45) is 3.38. The minimum Gasteiger partial charge on any atom is -0.347 e. The zero-order chi connectivity index (χ0) is 11.5. The SMILES string of the molecule is C=CCNC(=O)c1cn2c(C)cccc2n1. The van der Waals surface area contributed by atoms with E-state index in [0.717, 1.165) is 11.3 Å². The van der Waals surface area contributed by atoms with Crippen LogP contribution in [0.15, 0.2) is 37.1 Å². The van der Waals surface area contributed by atoms with Gasteiger partial charge in [-0.3, -0.25) is 4.79 Å². The number of hydrogen-bond acceptors (Lipinski definition) is 2. The first kappa shape index (κ1) is 10.4. The number of amides is 1. The summed E-state index contributed by atoms with van der Waals surface area (Å²) in [7, 11) is 0. The van der Waals surface area contributed by atoms with Gasteiger partial charge in [-0.05, 0) is 19.1 Å². The van der Waals surface area contributed by atoms with Crippen LogP contribution in [0.2, 0.25) is 0 Å². The highest BCUT2D eigenvalue weighted by Gasteiger charge is 2.09. The zero-order valence-electron chi connectivity index (χ0n) is 9.10. The Hall–Kier alpha value is -2.10. The third-order valence-electron chi connectivity index (χ3n) is 2.34. The quantitative estimate of drug-likeness (QED) is 0.790. The molecule has 0 aliphatic heterocycles. The van der Waals surface area contributed by atoms with E-state index in [2.05, 4.69) is 16.9 Å². The number of nitrogens with zero attached hydrogens (tertiary/aromatic N) is 2. The van der Waals surface area contributed by atoms with Crippen LogP contribution in [0.1, 0.15) is 16.2 Å². The maximum atomic E-state index is 11.6. The lowest BCUT2D eigenvalue weighted by atomic mass is 10.4. The molecule has 0 saturated carbocycles. The molecule has 4 nitrogen and oxygen atoms in total. The van der Waals surface area contributed by atoms with Crippen LogP contribution < -0.4 is 5.32 Å². The predicted octanol–water partition coefficient (Wildman–Crippen LogP) is 1.56. The van der Waals surface area contributed by atoms with Crippen molar-refractivity contribution in [1.29, 1.82) is 0 Å². The highest BCUT2D eigenvalue weighted by atomic mass is 16.1. The van der Waals surface area contributed by atoms with Crippen LogP contribution in [0.3, 0.4) is 0 Å². The molecule has 16 heavy (non-hydrogen) atoms. The Kier molecular flexibility index (Phi) is 2.72. The molecule has 2 heterocycles. The highest BCUT2D eigenvalue weighted by molar-refractivity contribution is 5.92. The molecular formula is C12H13N3O. The lowest BCUT2D eigenvalue weighted by Crippen LogP contribution is -2.23. The van der Waals surface area contributed by atoms with E-state index in [1.807, 2.05) is 29.5 Å². The molecule has 82 valence electrons. The van der Waals surface area contributed by atoms with E-state index < -0.39 is 0 Å². The number of hydrogen-bond donors (Lipinski definition) is 1. The van der Waals surface area contributed by atoms with Crippen molar-refractivity contribution < 1.29 is 4.79 Å². The number of carbonyl (C=O) groups excluding carboxylic acids is 1. The Morgan fingerprint density at radius 3 is 3.12 bits per heavy atom. The molecule has 1 N–H and O–H groups in total. The van der Waals surface area contributed by atoms with E-state index in [9.17, 15) is 4.79 Å². The molecule has 0 atom stereocenters. The van der Waals surface area contributed by atoms with E-state index in [0.29, 0.717) is 12.2 Å². The van der Waals surface area contributed by atoms with Crippen molar-refractivity contribution in [3.63, 3.8) is 0 Å². The standard InChI is InChI=1S/C12H13N3O/c1-3-7-13-12(16)10-8-15-9(2)5-4-6-11(15)14-10/h3-6,8H,1,7H2,2H3,(H,13,16). The Morgan fingerprint density at radius 1 is 1.62 bits per heavy atom. The fourth-order valence-corrected chi connectivity index (χ4v) is 1.51. The van der Waals surface area contributed by atoms with Gasteiger partial charge >= 0.3 is 0 Å². The minimum atomic E-state index is -0.178. The topological polar surface area (TPSA) is 46.4 Å². The van der Waals surface area contributed by atoms with E-state index in [1.165, 1.54) is 0 Å². The summed E-state index contributed by atoms with van der Waals surface area (Å²) < 4.78 is 1.89. The van der Waals surface area contributed by atoms with Crippen LogP contribution in [0.25, 0.3) is 5.65 Å². The lowest BCUT2D eigenvalue weighted by molar-refractivity contribution is 0.0953. The number of nitrogens with one attached hydrogen (secondary N) is 1. The summed E-state index contributed by atoms with van der Waals surface area (Å²) in [4.78, 5) is 15.9. The van der Waals surface area contributed by atoms with Gasteiger partial charge in [0.15, 0.2) is 0 Å². The molecule has 0 unspecified atom stereocenters. The summed E-state index contributed by atoms with van der Waals surface area (Å²) >= 11 is 0. The monoisotopic (exact) mass is 215 g/mol. The lowest BCUT2D eigenvalue weighted by Gasteiger charge is -1.96. The summed E-state index contributed by atoms with van der Waals surface area (Å²) in [5.41, 5.74) is 2.26. The van der Waals surface area contributed by atoms with Crippen LogP contribution in [-0.2, 0) is 0 Å². The highest BCUT2D eigenvalue weighted by Crippen LogP contribution is 2.08. The van der Waals surface area contributed by atoms with Crippen LogP contribution in [0, 0.1) is 6.92 Å². The van der Waals surface area contributed by atoms with Gasteiger partial charge in [-0.1, -0.05) is 12.1 Å². The molecule has 1 amide bonds. The molecule has 2 aromatic rings. The molecule has 4 heteroatoms. The molecule has 0 aromatic carbocycles. The van der Waals surface area contributed by atoms with Gasteiger partial charge in [-0.15, -0.1) is 6.58 Å². The molecule has 0 radical (unpaired) electrons. The molecular weight excluding hydrogens is 202 g/mol. The first-order chi connectivity index (χ1) is 7.72. The molecule has 0 fully saturated rings. The van der Waals surface area contributed by atoms with Gasteiger partial charge < -0.3 is 9.72 Å². The van der Waals surface area contributed by atoms with E-state index in [4.69, 9.17) is 0 Å². The number of imidazole rings is 1. The third-order valence-corrected chi connectivity index (χ3v) is 2.34. The normalized spacial score (nSPS) is 10.3. The number of rotatable bonds is 3. The van der Waals surface area contributed by atoms with Crippen molar-refractivity contribution in [3.05, 3.63) is 48.4 Å². The molecule has 0 aliphatic rings. The van der Waals surface area contributed by atoms with Crippen molar-refractivity contribution in [1.82, 2.24) is 14.7 Å². The first-order valence-electron chi connectivity index (χ1n) is 5.06. The van der Waals surface area contributed by atoms with Gasteiger partial charge in [0.2, 0.25) is 0 Å². The molecule has 2 aromatic heterocycles. The Bertz CT molecular complexity index is 542. The summed E-state index contributed by atoms with van der Waals surface area (Å²) in [5, 5.41) is 2.70. The predicted molar refractivity (Wildman–Crippen MR) is 62.5 cm³/mol. The third kappa shape index (κ3) is 1.82. The summed E-state index contributed by atoms with van der Waals surface area (Å²) in [6.45, 7) is 5.97.